The largest absolute Gasteiger partial charge is 0.384 e. The quantitative estimate of drug-likeness (QED) is 0.792. The highest BCUT2D eigenvalue weighted by molar-refractivity contribution is 7.14. The van der Waals surface area contributed by atoms with Crippen LogP contribution in [0.1, 0.15) is 60.1 Å². The molecule has 1 heterocycles. The van der Waals surface area contributed by atoms with Gasteiger partial charge in [0.2, 0.25) is 0 Å². The van der Waals surface area contributed by atoms with Crippen molar-refractivity contribution in [3.05, 3.63) is 21.4 Å². The van der Waals surface area contributed by atoms with Gasteiger partial charge in [0, 0.05) is 6.04 Å². The number of thiophene rings is 1. The van der Waals surface area contributed by atoms with E-state index in [0.29, 0.717) is 10.8 Å². The van der Waals surface area contributed by atoms with Crippen LogP contribution in [0, 0.1) is 24.7 Å². The minimum absolute atomic E-state index is 0.0304. The van der Waals surface area contributed by atoms with Crippen molar-refractivity contribution in [1.82, 2.24) is 5.32 Å². The van der Waals surface area contributed by atoms with Gasteiger partial charge in [0.15, 0.2) is 0 Å². The molecule has 0 radical (unpaired) electrons. The zero-order chi connectivity index (χ0) is 15.8. The minimum Gasteiger partial charge on any atom is -0.384 e. The van der Waals surface area contributed by atoms with Crippen LogP contribution in [0.2, 0.25) is 0 Å². The maximum Gasteiger partial charge on any atom is 0.261 e. The van der Waals surface area contributed by atoms with E-state index < -0.39 is 0 Å². The third-order valence-electron chi connectivity index (χ3n) is 3.22. The third kappa shape index (κ3) is 6.33. The van der Waals surface area contributed by atoms with Crippen LogP contribution < -0.4 is 5.32 Å². The molecule has 1 unspecified atom stereocenters. The van der Waals surface area contributed by atoms with Crippen molar-refractivity contribution in [1.29, 1.82) is 0 Å². The lowest BCUT2D eigenvalue weighted by atomic mass is 10.0. The molecule has 1 amide bonds. The predicted octanol–water partition coefficient (Wildman–Crippen LogP) is 3.34. The van der Waals surface area contributed by atoms with E-state index in [9.17, 15) is 4.79 Å². The average Bonchev–Trinajstić information content (AvgIpc) is 2.77. The number of carbonyl (C=O) groups excluding carboxylic acids is 1. The number of hydrogen-bond donors (Lipinski definition) is 2. The van der Waals surface area contributed by atoms with Gasteiger partial charge in [0.05, 0.1) is 9.75 Å². The summed E-state index contributed by atoms with van der Waals surface area (Å²) in [5.74, 6) is 6.18. The fraction of sp³-hybridized carbons (Fsp3) is 0.588. The van der Waals surface area contributed by atoms with Gasteiger partial charge in [0.25, 0.3) is 5.91 Å². The SMILES string of the molecule is Cc1cc(C(=O)NC(C)CCCC(C)C)sc1C#CCO. The summed E-state index contributed by atoms with van der Waals surface area (Å²) in [4.78, 5) is 13.7. The average molecular weight is 307 g/mol. The summed E-state index contributed by atoms with van der Waals surface area (Å²) in [5, 5.41) is 11.8. The van der Waals surface area contributed by atoms with Gasteiger partial charge in [-0.1, -0.05) is 38.5 Å². The van der Waals surface area contributed by atoms with Gasteiger partial charge in [-0.2, -0.15) is 0 Å². The topological polar surface area (TPSA) is 49.3 Å². The summed E-state index contributed by atoms with van der Waals surface area (Å²) in [7, 11) is 0. The molecule has 0 aliphatic rings. The van der Waals surface area contributed by atoms with Crippen molar-refractivity contribution >= 4 is 17.2 Å². The summed E-state index contributed by atoms with van der Waals surface area (Å²) in [5.41, 5.74) is 0.985. The molecule has 0 bridgehead atoms. The first-order valence-electron chi connectivity index (χ1n) is 7.45. The molecule has 0 fully saturated rings. The molecule has 0 saturated heterocycles. The van der Waals surface area contributed by atoms with Crippen molar-refractivity contribution < 1.29 is 9.90 Å². The van der Waals surface area contributed by atoms with Crippen molar-refractivity contribution in [2.24, 2.45) is 5.92 Å². The normalized spacial score (nSPS) is 11.9. The maximum atomic E-state index is 12.2. The van der Waals surface area contributed by atoms with Crippen molar-refractivity contribution in [3.63, 3.8) is 0 Å². The second-order valence-corrected chi connectivity index (χ2v) is 6.83. The van der Waals surface area contributed by atoms with Crippen LogP contribution in [0.4, 0.5) is 0 Å². The van der Waals surface area contributed by atoms with E-state index in [1.165, 1.54) is 17.8 Å². The van der Waals surface area contributed by atoms with Gasteiger partial charge in [-0.3, -0.25) is 4.79 Å². The van der Waals surface area contributed by atoms with E-state index >= 15 is 0 Å². The summed E-state index contributed by atoms with van der Waals surface area (Å²) in [6.07, 6.45) is 3.33. The molecular weight excluding hydrogens is 282 g/mol. The standard InChI is InChI=1S/C17H25NO2S/c1-12(2)7-5-8-14(4)18-17(20)16-11-13(3)15(21-16)9-6-10-19/h11-12,14,19H,5,7-8,10H2,1-4H3,(H,18,20). The Labute approximate surface area is 131 Å². The smallest absolute Gasteiger partial charge is 0.261 e. The van der Waals surface area contributed by atoms with E-state index in [2.05, 4.69) is 31.0 Å². The Morgan fingerprint density at radius 1 is 1.38 bits per heavy atom. The Bertz CT molecular complexity index is 523. The number of aliphatic hydroxyl groups is 1. The highest BCUT2D eigenvalue weighted by atomic mass is 32.1. The minimum atomic E-state index is -0.161. The number of rotatable bonds is 6. The van der Waals surface area contributed by atoms with Crippen molar-refractivity contribution in [2.45, 2.75) is 53.0 Å². The zero-order valence-corrected chi connectivity index (χ0v) is 14.1. The Balaban J connectivity index is 2.55. The van der Waals surface area contributed by atoms with Gasteiger partial charge in [-0.15, -0.1) is 11.3 Å². The summed E-state index contributed by atoms with van der Waals surface area (Å²) < 4.78 is 0. The molecule has 0 saturated carbocycles. The zero-order valence-electron chi connectivity index (χ0n) is 13.3. The number of aliphatic hydroxyl groups excluding tert-OH is 1. The van der Waals surface area contributed by atoms with E-state index in [-0.39, 0.29) is 18.6 Å². The maximum absolute atomic E-state index is 12.2. The molecule has 21 heavy (non-hydrogen) atoms. The van der Waals surface area contributed by atoms with E-state index in [1.807, 2.05) is 19.9 Å². The van der Waals surface area contributed by atoms with E-state index in [0.717, 1.165) is 23.3 Å². The molecule has 1 aromatic rings. The first-order valence-corrected chi connectivity index (χ1v) is 8.26. The summed E-state index contributed by atoms with van der Waals surface area (Å²) >= 11 is 1.38. The fourth-order valence-electron chi connectivity index (χ4n) is 2.04. The third-order valence-corrected chi connectivity index (χ3v) is 4.37. The van der Waals surface area contributed by atoms with E-state index in [4.69, 9.17) is 5.11 Å². The second-order valence-electron chi connectivity index (χ2n) is 5.78. The molecule has 2 N–H and O–H groups in total. The molecule has 3 nitrogen and oxygen atoms in total. The molecule has 0 spiro atoms. The second kappa shape index (κ2) is 8.86. The molecule has 1 atom stereocenters. The number of carbonyl (C=O) groups is 1. The Morgan fingerprint density at radius 3 is 2.71 bits per heavy atom. The molecule has 116 valence electrons. The van der Waals surface area contributed by atoms with Crippen LogP contribution in [-0.2, 0) is 0 Å². The molecule has 1 rings (SSSR count). The van der Waals surface area contributed by atoms with Crippen molar-refractivity contribution in [3.8, 4) is 11.8 Å². The van der Waals surface area contributed by atoms with Crippen LogP contribution >= 0.6 is 11.3 Å². The first kappa shape index (κ1) is 17.7. The Morgan fingerprint density at radius 2 is 2.10 bits per heavy atom. The molecule has 0 aliphatic heterocycles. The molecular formula is C17H25NO2S. The van der Waals surface area contributed by atoms with Crippen LogP contribution in [0.5, 0.6) is 0 Å². The van der Waals surface area contributed by atoms with Crippen LogP contribution in [0.25, 0.3) is 0 Å². The highest BCUT2D eigenvalue weighted by Crippen LogP contribution is 2.21. The number of amides is 1. The monoisotopic (exact) mass is 307 g/mol. The molecule has 0 aliphatic carbocycles. The fourth-order valence-corrected chi connectivity index (χ4v) is 2.99. The molecule has 1 aromatic heterocycles. The van der Waals surface area contributed by atoms with Gasteiger partial charge in [0.1, 0.15) is 6.61 Å². The Kier molecular flexibility index (Phi) is 7.49. The van der Waals surface area contributed by atoms with Crippen LogP contribution in [0.3, 0.4) is 0 Å². The van der Waals surface area contributed by atoms with Gasteiger partial charge in [-0.25, -0.2) is 0 Å². The molecule has 0 aromatic carbocycles. The van der Waals surface area contributed by atoms with Crippen molar-refractivity contribution in [2.75, 3.05) is 6.61 Å². The van der Waals surface area contributed by atoms with Gasteiger partial charge in [-0.05, 0) is 37.8 Å². The lowest BCUT2D eigenvalue weighted by molar-refractivity contribution is 0.0942. The van der Waals surface area contributed by atoms with E-state index in [1.54, 1.807) is 0 Å². The van der Waals surface area contributed by atoms with Crippen LogP contribution in [0.15, 0.2) is 6.07 Å². The summed E-state index contributed by atoms with van der Waals surface area (Å²) in [6, 6.07) is 2.05. The lowest BCUT2D eigenvalue weighted by Gasteiger charge is -2.13. The summed E-state index contributed by atoms with van der Waals surface area (Å²) in [6.45, 7) is 8.25. The Hall–Kier alpha value is -1.31. The first-order chi connectivity index (χ1) is 9.93. The number of hydrogen-bond acceptors (Lipinski definition) is 3. The number of nitrogens with one attached hydrogen (secondary N) is 1. The predicted molar refractivity (Wildman–Crippen MR) is 88.6 cm³/mol. The number of aryl methyl sites for hydroxylation is 1. The highest BCUT2D eigenvalue weighted by Gasteiger charge is 2.14. The van der Waals surface area contributed by atoms with Crippen LogP contribution in [-0.4, -0.2) is 23.7 Å². The lowest BCUT2D eigenvalue weighted by Crippen LogP contribution is -2.32. The van der Waals surface area contributed by atoms with Gasteiger partial charge >= 0.3 is 0 Å². The molecule has 4 heteroatoms. The van der Waals surface area contributed by atoms with Gasteiger partial charge < -0.3 is 10.4 Å².